The number of nitrogens with one attached hydrogen (secondary N) is 1. The SMILES string of the molecule is Cc1cn(-c2ccc3c(c2)CN=C(c2ccc4c(c2)OCO4)N3)cn1. The van der Waals surface area contributed by atoms with Crippen LogP contribution in [0.15, 0.2) is 53.9 Å². The highest BCUT2D eigenvalue weighted by molar-refractivity contribution is 6.09. The lowest BCUT2D eigenvalue weighted by Gasteiger charge is -2.20. The third kappa shape index (κ3) is 2.42. The van der Waals surface area contributed by atoms with Gasteiger partial charge in [-0.15, -0.1) is 0 Å². The third-order valence-electron chi connectivity index (χ3n) is 4.41. The van der Waals surface area contributed by atoms with Crippen LogP contribution < -0.4 is 14.8 Å². The lowest BCUT2D eigenvalue weighted by molar-refractivity contribution is 0.174. The zero-order valence-electron chi connectivity index (χ0n) is 13.7. The van der Waals surface area contributed by atoms with Gasteiger partial charge >= 0.3 is 0 Å². The fraction of sp³-hybridized carbons (Fsp3) is 0.158. The average Bonchev–Trinajstić information content (AvgIpc) is 3.29. The molecule has 124 valence electrons. The van der Waals surface area contributed by atoms with Crippen molar-refractivity contribution in [2.75, 3.05) is 12.1 Å². The highest BCUT2D eigenvalue weighted by Crippen LogP contribution is 2.33. The molecule has 6 heteroatoms. The maximum absolute atomic E-state index is 5.45. The largest absolute Gasteiger partial charge is 0.454 e. The number of benzene rings is 2. The second-order valence-corrected chi connectivity index (χ2v) is 6.12. The Morgan fingerprint density at radius 2 is 2.00 bits per heavy atom. The number of aliphatic imine (C=N–C) groups is 1. The molecule has 0 bridgehead atoms. The monoisotopic (exact) mass is 332 g/mol. The van der Waals surface area contributed by atoms with Crippen molar-refractivity contribution < 1.29 is 9.47 Å². The van der Waals surface area contributed by atoms with E-state index in [9.17, 15) is 0 Å². The Morgan fingerprint density at radius 1 is 1.08 bits per heavy atom. The van der Waals surface area contributed by atoms with Gasteiger partial charge < -0.3 is 19.4 Å². The number of aryl methyl sites for hydroxylation is 1. The van der Waals surface area contributed by atoms with Gasteiger partial charge in [-0.2, -0.15) is 0 Å². The van der Waals surface area contributed by atoms with Gasteiger partial charge in [-0.1, -0.05) is 0 Å². The summed E-state index contributed by atoms with van der Waals surface area (Å²) in [6.07, 6.45) is 3.84. The van der Waals surface area contributed by atoms with Crippen LogP contribution in [0.3, 0.4) is 0 Å². The van der Waals surface area contributed by atoms with Crippen LogP contribution >= 0.6 is 0 Å². The van der Waals surface area contributed by atoms with Crippen molar-refractivity contribution in [2.45, 2.75) is 13.5 Å². The van der Waals surface area contributed by atoms with Crippen LogP contribution in [-0.4, -0.2) is 22.2 Å². The first kappa shape index (κ1) is 14.1. The molecule has 1 aromatic heterocycles. The summed E-state index contributed by atoms with van der Waals surface area (Å²) in [5.74, 6) is 2.39. The molecule has 0 fully saturated rings. The van der Waals surface area contributed by atoms with E-state index in [4.69, 9.17) is 14.5 Å². The van der Waals surface area contributed by atoms with E-state index in [2.05, 4.69) is 28.5 Å². The Hall–Kier alpha value is -3.28. The number of anilines is 1. The molecule has 0 saturated heterocycles. The normalized spacial score (nSPS) is 14.7. The molecule has 2 aliphatic rings. The van der Waals surface area contributed by atoms with Crippen molar-refractivity contribution in [1.82, 2.24) is 9.55 Å². The maximum atomic E-state index is 5.45. The van der Waals surface area contributed by atoms with Crippen molar-refractivity contribution in [3.8, 4) is 17.2 Å². The zero-order valence-corrected chi connectivity index (χ0v) is 13.7. The quantitative estimate of drug-likeness (QED) is 0.782. The van der Waals surface area contributed by atoms with Gasteiger partial charge in [-0.25, -0.2) is 4.98 Å². The average molecular weight is 332 g/mol. The fourth-order valence-corrected chi connectivity index (χ4v) is 3.09. The summed E-state index contributed by atoms with van der Waals surface area (Å²) >= 11 is 0. The summed E-state index contributed by atoms with van der Waals surface area (Å²) in [5, 5.41) is 3.42. The van der Waals surface area contributed by atoms with Crippen molar-refractivity contribution in [3.63, 3.8) is 0 Å². The first-order valence-corrected chi connectivity index (χ1v) is 8.12. The van der Waals surface area contributed by atoms with E-state index in [0.717, 1.165) is 45.5 Å². The molecule has 2 aliphatic heterocycles. The Morgan fingerprint density at radius 3 is 2.88 bits per heavy atom. The summed E-state index contributed by atoms with van der Waals surface area (Å²) in [5.41, 5.74) is 5.31. The predicted octanol–water partition coefficient (Wildman–Crippen LogP) is 3.28. The van der Waals surface area contributed by atoms with Crippen molar-refractivity contribution in [1.29, 1.82) is 0 Å². The van der Waals surface area contributed by atoms with Crippen LogP contribution in [0.25, 0.3) is 5.69 Å². The Kier molecular flexibility index (Phi) is 3.03. The van der Waals surface area contributed by atoms with Crippen molar-refractivity contribution >= 4 is 11.5 Å². The molecule has 0 radical (unpaired) electrons. The molecule has 3 aromatic rings. The van der Waals surface area contributed by atoms with E-state index in [-0.39, 0.29) is 6.79 Å². The smallest absolute Gasteiger partial charge is 0.231 e. The number of imidazole rings is 1. The van der Waals surface area contributed by atoms with E-state index in [1.165, 1.54) is 0 Å². The number of nitrogens with zero attached hydrogens (tertiary/aromatic N) is 3. The first-order chi connectivity index (χ1) is 12.3. The van der Waals surface area contributed by atoms with Crippen LogP contribution in [0, 0.1) is 6.92 Å². The topological polar surface area (TPSA) is 60.7 Å². The van der Waals surface area contributed by atoms with Gasteiger partial charge in [0, 0.05) is 23.1 Å². The Labute approximate surface area is 144 Å². The number of hydrogen-bond acceptors (Lipinski definition) is 5. The molecule has 0 saturated carbocycles. The zero-order chi connectivity index (χ0) is 16.8. The number of rotatable bonds is 2. The van der Waals surface area contributed by atoms with Gasteiger partial charge in [0.25, 0.3) is 0 Å². The Bertz CT molecular complexity index is 1010. The molecular formula is C19H16N4O2. The molecule has 25 heavy (non-hydrogen) atoms. The third-order valence-corrected chi connectivity index (χ3v) is 4.41. The van der Waals surface area contributed by atoms with Gasteiger partial charge in [0.1, 0.15) is 5.84 Å². The lowest BCUT2D eigenvalue weighted by Crippen LogP contribution is -2.19. The van der Waals surface area contributed by atoms with Crippen LogP contribution in [0.2, 0.25) is 0 Å². The maximum Gasteiger partial charge on any atom is 0.231 e. The molecule has 0 amide bonds. The summed E-state index contributed by atoms with van der Waals surface area (Å²) in [4.78, 5) is 8.97. The summed E-state index contributed by atoms with van der Waals surface area (Å²) in [6.45, 7) is 2.89. The van der Waals surface area contributed by atoms with Crippen LogP contribution in [0.1, 0.15) is 16.8 Å². The highest BCUT2D eigenvalue weighted by Gasteiger charge is 2.18. The predicted molar refractivity (Wildman–Crippen MR) is 94.7 cm³/mol. The molecule has 0 aliphatic carbocycles. The number of amidine groups is 1. The molecule has 0 spiro atoms. The molecular weight excluding hydrogens is 316 g/mol. The number of hydrogen-bond donors (Lipinski definition) is 1. The van der Waals surface area contributed by atoms with E-state index in [1.54, 1.807) is 0 Å². The molecule has 0 unspecified atom stereocenters. The molecule has 6 nitrogen and oxygen atoms in total. The van der Waals surface area contributed by atoms with E-state index in [1.807, 2.05) is 42.2 Å². The first-order valence-electron chi connectivity index (χ1n) is 8.12. The minimum atomic E-state index is 0.276. The summed E-state index contributed by atoms with van der Waals surface area (Å²) in [7, 11) is 0. The second-order valence-electron chi connectivity index (χ2n) is 6.12. The molecule has 3 heterocycles. The Balaban J connectivity index is 1.44. The summed E-state index contributed by atoms with van der Waals surface area (Å²) < 4.78 is 12.8. The van der Waals surface area contributed by atoms with E-state index >= 15 is 0 Å². The van der Waals surface area contributed by atoms with Gasteiger partial charge in [0.05, 0.1) is 18.6 Å². The highest BCUT2D eigenvalue weighted by atomic mass is 16.7. The standard InChI is InChI=1S/C19H16N4O2/c1-12-9-23(10-21-12)15-3-4-16-14(6-15)8-20-19(22-16)13-2-5-17-18(7-13)25-11-24-17/h2-7,9-10H,8,11H2,1H3,(H,20,22). The molecule has 2 aromatic carbocycles. The number of fused-ring (bicyclic) bond motifs is 2. The van der Waals surface area contributed by atoms with Gasteiger partial charge in [-0.3, -0.25) is 4.99 Å². The summed E-state index contributed by atoms with van der Waals surface area (Å²) in [6, 6.07) is 12.2. The molecule has 1 N–H and O–H groups in total. The second kappa shape index (κ2) is 5.37. The van der Waals surface area contributed by atoms with Crippen LogP contribution in [-0.2, 0) is 6.54 Å². The molecule has 0 atom stereocenters. The van der Waals surface area contributed by atoms with Crippen molar-refractivity contribution in [2.24, 2.45) is 4.99 Å². The van der Waals surface area contributed by atoms with Gasteiger partial charge in [-0.05, 0) is 48.9 Å². The van der Waals surface area contributed by atoms with E-state index in [0.29, 0.717) is 6.54 Å². The number of aromatic nitrogens is 2. The lowest BCUT2D eigenvalue weighted by atomic mass is 10.1. The molecule has 5 rings (SSSR count). The van der Waals surface area contributed by atoms with E-state index < -0.39 is 0 Å². The minimum Gasteiger partial charge on any atom is -0.454 e. The number of ether oxygens (including phenoxy) is 2. The van der Waals surface area contributed by atoms with Crippen LogP contribution in [0.4, 0.5) is 5.69 Å². The van der Waals surface area contributed by atoms with Crippen LogP contribution in [0.5, 0.6) is 11.5 Å². The van der Waals surface area contributed by atoms with Gasteiger partial charge in [0.15, 0.2) is 11.5 Å². The van der Waals surface area contributed by atoms with Crippen molar-refractivity contribution in [3.05, 3.63) is 65.7 Å². The van der Waals surface area contributed by atoms with Gasteiger partial charge in [0.2, 0.25) is 6.79 Å². The minimum absolute atomic E-state index is 0.276. The fourth-order valence-electron chi connectivity index (χ4n) is 3.09.